The number of benzene rings is 2. The molecule has 34 heavy (non-hydrogen) atoms. The molecule has 0 aliphatic rings. The molecule has 172 valence electrons. The maximum Gasteiger partial charge on any atom is 0.263 e. The summed E-state index contributed by atoms with van der Waals surface area (Å²) in [4.78, 5) is 8.62. The second kappa shape index (κ2) is 10.5. The molecule has 0 saturated carbocycles. The van der Waals surface area contributed by atoms with Gasteiger partial charge in [-0.15, -0.1) is 22.7 Å². The van der Waals surface area contributed by atoms with E-state index in [0.29, 0.717) is 28.0 Å². The fourth-order valence-electron chi connectivity index (χ4n) is 2.89. The van der Waals surface area contributed by atoms with Crippen LogP contribution in [-0.2, 0) is 10.0 Å². The van der Waals surface area contributed by atoms with Crippen LogP contribution in [0.3, 0.4) is 0 Å². The highest BCUT2D eigenvalue weighted by molar-refractivity contribution is 7.93. The van der Waals surface area contributed by atoms with Crippen molar-refractivity contribution < 1.29 is 13.2 Å². The van der Waals surface area contributed by atoms with Crippen molar-refractivity contribution in [2.45, 2.75) is 11.8 Å². The second-order valence-electron chi connectivity index (χ2n) is 6.78. The third kappa shape index (κ3) is 5.60. The normalized spacial score (nSPS) is 11.6. The van der Waals surface area contributed by atoms with Gasteiger partial charge in [-0.1, -0.05) is 0 Å². The zero-order valence-corrected chi connectivity index (χ0v) is 20.4. The van der Waals surface area contributed by atoms with Gasteiger partial charge in [-0.05, 0) is 55.5 Å². The van der Waals surface area contributed by atoms with Crippen molar-refractivity contribution in [1.82, 2.24) is 9.97 Å². The number of hydrogen-bond donors (Lipinski definition) is 2. The van der Waals surface area contributed by atoms with Crippen molar-refractivity contribution in [3.63, 3.8) is 0 Å². The lowest BCUT2D eigenvalue weighted by Gasteiger charge is -2.06. The van der Waals surface area contributed by atoms with Crippen LogP contribution in [-0.4, -0.2) is 25.0 Å². The Balaban J connectivity index is 1.45. The van der Waals surface area contributed by atoms with Gasteiger partial charge in [-0.2, -0.15) is 5.26 Å². The van der Waals surface area contributed by atoms with Gasteiger partial charge in [0.2, 0.25) is 0 Å². The Morgan fingerprint density at radius 2 is 1.91 bits per heavy atom. The fraction of sp³-hybridized carbons (Fsp3) is 0.0870. The van der Waals surface area contributed by atoms with E-state index in [1.54, 1.807) is 23.7 Å². The van der Waals surface area contributed by atoms with Crippen LogP contribution in [0.5, 0.6) is 5.75 Å². The van der Waals surface area contributed by atoms with Crippen LogP contribution >= 0.6 is 22.7 Å². The van der Waals surface area contributed by atoms with Gasteiger partial charge in [0.1, 0.15) is 22.4 Å². The van der Waals surface area contributed by atoms with Crippen LogP contribution in [0.4, 0.5) is 10.8 Å². The molecule has 0 aliphatic heterocycles. The van der Waals surface area contributed by atoms with Crippen molar-refractivity contribution in [2.75, 3.05) is 16.6 Å². The molecule has 0 spiro atoms. The van der Waals surface area contributed by atoms with Crippen molar-refractivity contribution in [2.24, 2.45) is 0 Å². The molecule has 4 rings (SSSR count). The predicted octanol–water partition coefficient (Wildman–Crippen LogP) is 5.44. The molecule has 2 heterocycles. The summed E-state index contributed by atoms with van der Waals surface area (Å²) in [5.41, 5.74) is 2.69. The zero-order chi connectivity index (χ0) is 24.0. The molecule has 2 aromatic heterocycles. The quantitative estimate of drug-likeness (QED) is 0.288. The number of aromatic nitrogens is 2. The smallest absolute Gasteiger partial charge is 0.263 e. The molecule has 0 saturated heterocycles. The van der Waals surface area contributed by atoms with Gasteiger partial charge in [0.15, 0.2) is 5.13 Å². The van der Waals surface area contributed by atoms with Gasteiger partial charge in [0.25, 0.3) is 10.0 Å². The predicted molar refractivity (Wildman–Crippen MR) is 135 cm³/mol. The van der Waals surface area contributed by atoms with Gasteiger partial charge >= 0.3 is 0 Å². The summed E-state index contributed by atoms with van der Waals surface area (Å²) in [6.07, 6.45) is 3.08. The summed E-state index contributed by atoms with van der Waals surface area (Å²) < 4.78 is 32.8. The lowest BCUT2D eigenvalue weighted by atomic mass is 10.2. The minimum Gasteiger partial charge on any atom is -0.494 e. The van der Waals surface area contributed by atoms with Crippen molar-refractivity contribution in [1.29, 1.82) is 5.26 Å². The number of sulfonamides is 1. The Morgan fingerprint density at radius 1 is 1.15 bits per heavy atom. The molecule has 0 fully saturated rings. The Hall–Kier alpha value is -3.72. The number of rotatable bonds is 9. The molecule has 4 aromatic rings. The van der Waals surface area contributed by atoms with Gasteiger partial charge in [-0.3, -0.25) is 4.72 Å². The van der Waals surface area contributed by atoms with Gasteiger partial charge < -0.3 is 10.1 Å². The molecule has 0 radical (unpaired) electrons. The molecule has 0 bridgehead atoms. The first kappa shape index (κ1) is 23.4. The van der Waals surface area contributed by atoms with Crippen LogP contribution in [0, 0.1) is 11.3 Å². The minimum absolute atomic E-state index is 0.109. The van der Waals surface area contributed by atoms with E-state index in [2.05, 4.69) is 26.1 Å². The van der Waals surface area contributed by atoms with Crippen LogP contribution in [0.25, 0.3) is 16.8 Å². The maximum atomic E-state index is 12.4. The summed E-state index contributed by atoms with van der Waals surface area (Å²) in [7, 11) is -3.72. The largest absolute Gasteiger partial charge is 0.494 e. The van der Waals surface area contributed by atoms with E-state index in [1.807, 2.05) is 36.6 Å². The van der Waals surface area contributed by atoms with Crippen molar-refractivity contribution in [3.05, 3.63) is 76.7 Å². The highest BCUT2D eigenvalue weighted by Crippen LogP contribution is 2.28. The number of nitriles is 1. The third-order valence-electron chi connectivity index (χ3n) is 4.52. The summed E-state index contributed by atoms with van der Waals surface area (Å²) in [5.74, 6) is 0.793. The molecule has 2 aromatic carbocycles. The Labute approximate surface area is 205 Å². The highest BCUT2D eigenvalue weighted by Gasteiger charge is 2.15. The monoisotopic (exact) mass is 509 g/mol. The molecule has 0 atom stereocenters. The number of allylic oxidation sites excluding steroid dienone is 1. The third-order valence-corrected chi connectivity index (χ3v) is 7.57. The molecule has 0 amide bonds. The molecule has 0 aliphatic carbocycles. The Bertz CT molecular complexity index is 1420. The van der Waals surface area contributed by atoms with E-state index in [4.69, 9.17) is 4.74 Å². The summed E-state index contributed by atoms with van der Waals surface area (Å²) in [6, 6.07) is 16.0. The molecule has 0 unspecified atom stereocenters. The summed E-state index contributed by atoms with van der Waals surface area (Å²) in [5, 5.41) is 17.1. The lowest BCUT2D eigenvalue weighted by Crippen LogP contribution is -2.12. The highest BCUT2D eigenvalue weighted by atomic mass is 32.2. The average Bonchev–Trinajstić information content (AvgIpc) is 3.53. The van der Waals surface area contributed by atoms with E-state index in [0.717, 1.165) is 17.0 Å². The minimum atomic E-state index is -3.72. The molecular weight excluding hydrogens is 490 g/mol. The SMILES string of the molecule is CCOc1ccc(-c2csc(C(C#N)=CNc3ccc(S(=O)(=O)Nc4nccs4)cc3)n2)cc1. The first-order chi connectivity index (χ1) is 16.5. The van der Waals surface area contributed by atoms with Crippen molar-refractivity contribution >= 4 is 49.1 Å². The summed E-state index contributed by atoms with van der Waals surface area (Å²) >= 11 is 2.57. The molecule has 11 heteroatoms. The standard InChI is InChI=1S/C23H19N5O3S3/c1-2-31-19-7-3-16(4-8-19)21-15-33-22(27-21)17(13-24)14-26-18-5-9-20(10-6-18)34(29,30)28-23-25-11-12-32-23/h3-12,14-15,26H,2H2,1H3,(H,25,28). The average molecular weight is 510 g/mol. The molecule has 8 nitrogen and oxygen atoms in total. The van der Waals surface area contributed by atoms with Crippen LogP contribution in [0.1, 0.15) is 11.9 Å². The lowest BCUT2D eigenvalue weighted by molar-refractivity contribution is 0.340. The maximum absolute atomic E-state index is 12.4. The number of thiazole rings is 2. The van der Waals surface area contributed by atoms with Crippen molar-refractivity contribution in [3.8, 4) is 23.1 Å². The van der Waals surface area contributed by atoms with E-state index in [9.17, 15) is 13.7 Å². The van der Waals surface area contributed by atoms with E-state index in [1.165, 1.54) is 41.0 Å². The topological polar surface area (TPSA) is 117 Å². The number of anilines is 2. The summed E-state index contributed by atoms with van der Waals surface area (Å²) in [6.45, 7) is 2.54. The Morgan fingerprint density at radius 3 is 2.56 bits per heavy atom. The number of ether oxygens (including phenoxy) is 1. The van der Waals surface area contributed by atoms with Crippen LogP contribution in [0.2, 0.25) is 0 Å². The zero-order valence-electron chi connectivity index (χ0n) is 17.9. The first-order valence-corrected chi connectivity index (χ1v) is 13.3. The number of hydrogen-bond acceptors (Lipinski definition) is 9. The Kier molecular flexibility index (Phi) is 7.22. The van der Waals surface area contributed by atoms with Crippen LogP contribution < -0.4 is 14.8 Å². The number of nitrogens with zero attached hydrogens (tertiary/aromatic N) is 3. The van der Waals surface area contributed by atoms with E-state index < -0.39 is 10.0 Å². The van der Waals surface area contributed by atoms with Gasteiger partial charge in [-0.25, -0.2) is 18.4 Å². The van der Waals surface area contributed by atoms with Gasteiger partial charge in [0.05, 0.1) is 17.2 Å². The van der Waals surface area contributed by atoms with E-state index in [-0.39, 0.29) is 4.90 Å². The molecular formula is C23H19N5O3S3. The number of nitrogens with one attached hydrogen (secondary N) is 2. The first-order valence-electron chi connectivity index (χ1n) is 10.1. The van der Waals surface area contributed by atoms with Crippen LogP contribution in [0.15, 0.2) is 76.6 Å². The molecule has 2 N–H and O–H groups in total. The van der Waals surface area contributed by atoms with E-state index >= 15 is 0 Å². The second-order valence-corrected chi connectivity index (χ2v) is 10.2. The fourth-order valence-corrected chi connectivity index (χ4v) is 5.48. The van der Waals surface area contributed by atoms with Gasteiger partial charge in [0, 0.05) is 34.4 Å².